The Balaban J connectivity index is 0.00000200. The topological polar surface area (TPSA) is 49.8 Å². The van der Waals surface area contributed by atoms with Crippen molar-refractivity contribution < 1.29 is 14.6 Å². The predicted molar refractivity (Wildman–Crippen MR) is 80.7 cm³/mol. The van der Waals surface area contributed by atoms with Crippen LogP contribution in [0.15, 0.2) is 18.2 Å². The Morgan fingerprint density at radius 2 is 2.15 bits per heavy atom. The molecule has 112 valence electrons. The average molecular weight is 300 g/mol. The first-order chi connectivity index (χ1) is 9.15. The van der Waals surface area contributed by atoms with E-state index >= 15 is 0 Å². The molecule has 1 atom stereocenters. The zero-order chi connectivity index (χ0) is 13.8. The van der Waals surface area contributed by atoms with Crippen molar-refractivity contribution in [1.29, 1.82) is 0 Å². The van der Waals surface area contributed by atoms with Gasteiger partial charge in [-0.05, 0) is 43.0 Å². The van der Waals surface area contributed by atoms with Gasteiger partial charge in [0.15, 0.2) is 0 Å². The highest BCUT2D eigenvalue weighted by Crippen LogP contribution is 2.25. The molecule has 0 saturated carbocycles. The number of carboxylic acid groups (broad SMARTS) is 1. The molecule has 0 aliphatic carbocycles. The molecule has 0 radical (unpaired) electrons. The van der Waals surface area contributed by atoms with E-state index in [0.29, 0.717) is 19.6 Å². The summed E-state index contributed by atoms with van der Waals surface area (Å²) in [5.41, 5.74) is 2.50. The highest BCUT2D eigenvalue weighted by atomic mass is 35.5. The van der Waals surface area contributed by atoms with Gasteiger partial charge < -0.3 is 9.84 Å². The molecule has 0 spiro atoms. The molecule has 2 rings (SSSR count). The van der Waals surface area contributed by atoms with E-state index in [1.807, 2.05) is 30.9 Å². The van der Waals surface area contributed by atoms with Crippen molar-refractivity contribution in [3.63, 3.8) is 0 Å². The van der Waals surface area contributed by atoms with Crippen LogP contribution in [0.5, 0.6) is 5.75 Å². The van der Waals surface area contributed by atoms with E-state index in [1.165, 1.54) is 11.1 Å². The fourth-order valence-electron chi connectivity index (χ4n) is 2.67. The molecular weight excluding hydrogens is 278 g/mol. The summed E-state index contributed by atoms with van der Waals surface area (Å²) < 4.78 is 5.51. The van der Waals surface area contributed by atoms with E-state index in [2.05, 4.69) is 6.07 Å². The van der Waals surface area contributed by atoms with E-state index in [4.69, 9.17) is 4.74 Å². The molecule has 1 aliphatic heterocycles. The molecule has 1 aliphatic rings. The first-order valence-electron chi connectivity index (χ1n) is 6.87. The first-order valence-corrected chi connectivity index (χ1v) is 6.87. The minimum atomic E-state index is -0.730. The lowest BCUT2D eigenvalue weighted by atomic mass is 9.97. The van der Waals surface area contributed by atoms with Gasteiger partial charge in [-0.25, -0.2) is 0 Å². The molecule has 0 aromatic heterocycles. The monoisotopic (exact) mass is 299 g/mol. The largest absolute Gasteiger partial charge is 0.494 e. The Morgan fingerprint density at radius 3 is 2.75 bits per heavy atom. The summed E-state index contributed by atoms with van der Waals surface area (Å²) in [5.74, 6) is 0.137. The van der Waals surface area contributed by atoms with Gasteiger partial charge >= 0.3 is 5.97 Å². The summed E-state index contributed by atoms with van der Waals surface area (Å²) >= 11 is 0. The molecular formula is C15H22ClNO3. The second-order valence-electron chi connectivity index (χ2n) is 4.85. The number of halogens is 1. The standard InChI is InChI=1S/C15H21NO3.ClH/c1-3-14(15(17)18)16-8-7-11-5-6-13(19-4-2)9-12(11)10-16;/h5-6,9,14H,3-4,7-8,10H2,1-2H3,(H,17,18);1H. The van der Waals surface area contributed by atoms with Crippen LogP contribution in [0, 0.1) is 0 Å². The van der Waals surface area contributed by atoms with Crippen molar-refractivity contribution in [2.45, 2.75) is 39.3 Å². The van der Waals surface area contributed by atoms with Crippen LogP contribution in [0.3, 0.4) is 0 Å². The zero-order valence-electron chi connectivity index (χ0n) is 12.0. The Hall–Kier alpha value is -1.26. The number of hydrogen-bond donors (Lipinski definition) is 1. The number of fused-ring (bicyclic) bond motifs is 1. The smallest absolute Gasteiger partial charge is 0.320 e. The van der Waals surface area contributed by atoms with Crippen molar-refractivity contribution in [2.24, 2.45) is 0 Å². The van der Waals surface area contributed by atoms with Crippen LogP contribution in [0.25, 0.3) is 0 Å². The molecule has 20 heavy (non-hydrogen) atoms. The van der Waals surface area contributed by atoms with Gasteiger partial charge in [0.2, 0.25) is 0 Å². The average Bonchev–Trinajstić information content (AvgIpc) is 2.39. The highest BCUT2D eigenvalue weighted by Gasteiger charge is 2.27. The predicted octanol–water partition coefficient (Wildman–Crippen LogP) is 2.73. The van der Waals surface area contributed by atoms with Gasteiger partial charge in [0.05, 0.1) is 6.61 Å². The lowest BCUT2D eigenvalue weighted by Crippen LogP contribution is -2.43. The van der Waals surface area contributed by atoms with Gasteiger partial charge in [-0.1, -0.05) is 13.0 Å². The summed E-state index contributed by atoms with van der Waals surface area (Å²) in [5, 5.41) is 9.25. The third kappa shape index (κ3) is 3.64. The van der Waals surface area contributed by atoms with Crippen LogP contribution in [-0.2, 0) is 17.8 Å². The van der Waals surface area contributed by atoms with Crippen LogP contribution < -0.4 is 4.74 Å². The maximum atomic E-state index is 11.2. The molecule has 0 amide bonds. The highest BCUT2D eigenvalue weighted by molar-refractivity contribution is 5.85. The summed E-state index contributed by atoms with van der Waals surface area (Å²) in [4.78, 5) is 13.3. The molecule has 1 heterocycles. The van der Waals surface area contributed by atoms with E-state index < -0.39 is 5.97 Å². The number of benzene rings is 1. The molecule has 1 N–H and O–H groups in total. The number of ether oxygens (including phenoxy) is 1. The van der Waals surface area contributed by atoms with Crippen molar-refractivity contribution >= 4 is 18.4 Å². The summed E-state index contributed by atoms with van der Waals surface area (Å²) in [6.45, 7) is 6.04. The maximum Gasteiger partial charge on any atom is 0.320 e. The number of carboxylic acids is 1. The van der Waals surface area contributed by atoms with Gasteiger partial charge in [-0.15, -0.1) is 12.4 Å². The van der Waals surface area contributed by atoms with E-state index in [9.17, 15) is 9.90 Å². The molecule has 0 fully saturated rings. The molecule has 1 aromatic carbocycles. The Kier molecular flexibility index (Phi) is 6.30. The molecule has 0 saturated heterocycles. The van der Waals surface area contributed by atoms with Crippen molar-refractivity contribution in [3.05, 3.63) is 29.3 Å². The minimum absolute atomic E-state index is 0. The van der Waals surface area contributed by atoms with Crippen molar-refractivity contribution in [1.82, 2.24) is 4.90 Å². The van der Waals surface area contributed by atoms with Crippen LogP contribution in [0.1, 0.15) is 31.4 Å². The van der Waals surface area contributed by atoms with Crippen LogP contribution in [-0.4, -0.2) is 35.2 Å². The number of aliphatic carboxylic acids is 1. The van der Waals surface area contributed by atoms with Crippen molar-refractivity contribution in [2.75, 3.05) is 13.2 Å². The Labute approximate surface area is 126 Å². The Morgan fingerprint density at radius 1 is 1.40 bits per heavy atom. The third-order valence-electron chi connectivity index (χ3n) is 3.64. The lowest BCUT2D eigenvalue weighted by Gasteiger charge is -2.33. The molecule has 1 unspecified atom stereocenters. The molecule has 4 nitrogen and oxygen atoms in total. The number of carbonyl (C=O) groups is 1. The van der Waals surface area contributed by atoms with Gasteiger partial charge in [-0.2, -0.15) is 0 Å². The number of nitrogens with zero attached hydrogens (tertiary/aromatic N) is 1. The number of rotatable bonds is 5. The van der Waals surface area contributed by atoms with Gasteiger partial charge in [-0.3, -0.25) is 9.69 Å². The lowest BCUT2D eigenvalue weighted by molar-refractivity contribution is -0.143. The van der Waals surface area contributed by atoms with E-state index in [-0.39, 0.29) is 18.4 Å². The van der Waals surface area contributed by atoms with Gasteiger partial charge in [0.1, 0.15) is 11.8 Å². The van der Waals surface area contributed by atoms with Crippen LogP contribution >= 0.6 is 12.4 Å². The molecule has 0 bridgehead atoms. The van der Waals surface area contributed by atoms with Crippen molar-refractivity contribution in [3.8, 4) is 5.75 Å². The Bertz CT molecular complexity index is 464. The van der Waals surface area contributed by atoms with E-state index in [0.717, 1.165) is 18.7 Å². The third-order valence-corrected chi connectivity index (χ3v) is 3.64. The maximum absolute atomic E-state index is 11.2. The summed E-state index contributed by atoms with van der Waals surface area (Å²) in [6, 6.07) is 5.75. The molecule has 5 heteroatoms. The zero-order valence-corrected chi connectivity index (χ0v) is 12.8. The second-order valence-corrected chi connectivity index (χ2v) is 4.85. The van der Waals surface area contributed by atoms with Crippen LogP contribution in [0.4, 0.5) is 0 Å². The second kappa shape index (κ2) is 7.50. The summed E-state index contributed by atoms with van der Waals surface area (Å²) in [7, 11) is 0. The van der Waals surface area contributed by atoms with Gasteiger partial charge in [0, 0.05) is 13.1 Å². The van der Waals surface area contributed by atoms with Crippen LogP contribution in [0.2, 0.25) is 0 Å². The quantitative estimate of drug-likeness (QED) is 0.908. The SMILES string of the molecule is CCOc1ccc2c(c1)CN(C(CC)C(=O)O)CC2.Cl. The van der Waals surface area contributed by atoms with Gasteiger partial charge in [0.25, 0.3) is 0 Å². The van der Waals surface area contributed by atoms with E-state index in [1.54, 1.807) is 0 Å². The number of hydrogen-bond acceptors (Lipinski definition) is 3. The fraction of sp³-hybridized carbons (Fsp3) is 0.533. The normalized spacial score (nSPS) is 15.9. The molecule has 1 aromatic rings. The minimum Gasteiger partial charge on any atom is -0.494 e. The fourth-order valence-corrected chi connectivity index (χ4v) is 2.67. The first kappa shape index (κ1) is 16.8. The summed E-state index contributed by atoms with van der Waals surface area (Å²) in [6.07, 6.45) is 1.54.